The third-order valence-electron chi connectivity index (χ3n) is 5.16. The van der Waals surface area contributed by atoms with E-state index in [-0.39, 0.29) is 53.4 Å². The van der Waals surface area contributed by atoms with Crippen molar-refractivity contribution in [3.63, 3.8) is 0 Å². The summed E-state index contributed by atoms with van der Waals surface area (Å²) < 4.78 is 0. The van der Waals surface area contributed by atoms with Gasteiger partial charge in [0.2, 0.25) is 5.91 Å². The molecule has 1 saturated heterocycles. The molecule has 0 aromatic heterocycles. The SMILES string of the molecule is CN=C(NCC(C)(C)NC(C)c1ccccc1)NC1CCN(C(=O)C(C)C)C1.I. The number of nitrogens with zero attached hydrogens (tertiary/aromatic N) is 2. The molecule has 29 heavy (non-hydrogen) atoms. The predicted octanol–water partition coefficient (Wildman–Crippen LogP) is 3.16. The van der Waals surface area contributed by atoms with Gasteiger partial charge in [0.1, 0.15) is 0 Å². The molecule has 1 fully saturated rings. The fourth-order valence-electron chi connectivity index (χ4n) is 3.60. The molecule has 7 heteroatoms. The molecule has 1 aliphatic heterocycles. The van der Waals surface area contributed by atoms with Crippen molar-refractivity contribution in [3.8, 4) is 0 Å². The first-order valence-corrected chi connectivity index (χ1v) is 10.3. The monoisotopic (exact) mass is 515 g/mol. The topological polar surface area (TPSA) is 68.8 Å². The van der Waals surface area contributed by atoms with Gasteiger partial charge in [-0.1, -0.05) is 44.2 Å². The van der Waals surface area contributed by atoms with E-state index in [1.807, 2.05) is 24.8 Å². The molecule has 3 N–H and O–H groups in total. The van der Waals surface area contributed by atoms with Crippen LogP contribution in [0.4, 0.5) is 0 Å². The number of carbonyl (C=O) groups excluding carboxylic acids is 1. The number of benzene rings is 1. The van der Waals surface area contributed by atoms with Crippen molar-refractivity contribution in [1.82, 2.24) is 20.9 Å². The fraction of sp³-hybridized carbons (Fsp3) is 0.636. The maximum absolute atomic E-state index is 12.2. The second-order valence-electron chi connectivity index (χ2n) is 8.66. The van der Waals surface area contributed by atoms with Crippen LogP contribution in [-0.4, -0.2) is 55.0 Å². The summed E-state index contributed by atoms with van der Waals surface area (Å²) in [5, 5.41) is 10.6. The highest BCUT2D eigenvalue weighted by Crippen LogP contribution is 2.16. The number of carbonyl (C=O) groups is 1. The molecule has 0 spiro atoms. The Morgan fingerprint density at radius 1 is 1.24 bits per heavy atom. The predicted molar refractivity (Wildman–Crippen MR) is 132 cm³/mol. The summed E-state index contributed by atoms with van der Waals surface area (Å²) in [6, 6.07) is 11.0. The van der Waals surface area contributed by atoms with E-state index in [1.54, 1.807) is 7.05 Å². The first kappa shape index (κ1) is 25.7. The van der Waals surface area contributed by atoms with Gasteiger partial charge in [-0.15, -0.1) is 24.0 Å². The molecule has 2 unspecified atom stereocenters. The summed E-state index contributed by atoms with van der Waals surface area (Å²) in [5.41, 5.74) is 1.17. The maximum atomic E-state index is 12.2. The van der Waals surface area contributed by atoms with Gasteiger partial charge in [-0.3, -0.25) is 9.79 Å². The molecular formula is C22H38IN5O. The number of hydrogen-bond acceptors (Lipinski definition) is 3. The quantitative estimate of drug-likeness (QED) is 0.297. The molecule has 2 rings (SSSR count). The molecule has 1 aliphatic rings. The summed E-state index contributed by atoms with van der Waals surface area (Å²) in [6.45, 7) is 12.8. The van der Waals surface area contributed by atoms with Gasteiger partial charge in [0.05, 0.1) is 0 Å². The average Bonchev–Trinajstić information content (AvgIpc) is 3.13. The summed E-state index contributed by atoms with van der Waals surface area (Å²) in [7, 11) is 1.79. The van der Waals surface area contributed by atoms with Crippen molar-refractivity contribution in [1.29, 1.82) is 0 Å². The third-order valence-corrected chi connectivity index (χ3v) is 5.16. The zero-order valence-electron chi connectivity index (χ0n) is 18.7. The van der Waals surface area contributed by atoms with E-state index in [0.29, 0.717) is 0 Å². The lowest BCUT2D eigenvalue weighted by molar-refractivity contribution is -0.133. The van der Waals surface area contributed by atoms with E-state index in [1.165, 1.54) is 5.56 Å². The molecule has 164 valence electrons. The van der Waals surface area contributed by atoms with Crippen LogP contribution in [0.1, 0.15) is 52.6 Å². The Bertz CT molecular complexity index is 662. The van der Waals surface area contributed by atoms with Crippen molar-refractivity contribution in [3.05, 3.63) is 35.9 Å². The molecule has 1 aromatic carbocycles. The largest absolute Gasteiger partial charge is 0.355 e. The van der Waals surface area contributed by atoms with Gasteiger partial charge in [-0.2, -0.15) is 0 Å². The minimum absolute atomic E-state index is 0. The first-order chi connectivity index (χ1) is 13.2. The second-order valence-corrected chi connectivity index (χ2v) is 8.66. The zero-order chi connectivity index (χ0) is 20.7. The van der Waals surface area contributed by atoms with Crippen LogP contribution >= 0.6 is 24.0 Å². The Hall–Kier alpha value is -1.35. The summed E-state index contributed by atoms with van der Waals surface area (Å²) in [5.74, 6) is 1.06. The second kappa shape index (κ2) is 11.7. The average molecular weight is 515 g/mol. The van der Waals surface area contributed by atoms with Crippen LogP contribution in [-0.2, 0) is 4.79 Å². The maximum Gasteiger partial charge on any atom is 0.225 e. The van der Waals surface area contributed by atoms with E-state index >= 15 is 0 Å². The molecule has 2 atom stereocenters. The Labute approximate surface area is 193 Å². The van der Waals surface area contributed by atoms with Crippen LogP contribution in [0.3, 0.4) is 0 Å². The van der Waals surface area contributed by atoms with Gasteiger partial charge in [-0.05, 0) is 32.8 Å². The van der Waals surface area contributed by atoms with E-state index in [2.05, 4.69) is 66.0 Å². The number of guanidine groups is 1. The molecule has 1 amide bonds. The highest BCUT2D eigenvalue weighted by molar-refractivity contribution is 14.0. The van der Waals surface area contributed by atoms with Crippen molar-refractivity contribution in [2.45, 2.75) is 58.7 Å². The molecule has 6 nitrogen and oxygen atoms in total. The van der Waals surface area contributed by atoms with E-state index < -0.39 is 0 Å². The van der Waals surface area contributed by atoms with Gasteiger partial charge in [0, 0.05) is 50.2 Å². The van der Waals surface area contributed by atoms with Gasteiger partial charge in [-0.25, -0.2) is 0 Å². The number of nitrogens with one attached hydrogen (secondary N) is 3. The van der Waals surface area contributed by atoms with E-state index in [9.17, 15) is 4.79 Å². The minimum atomic E-state index is -0.109. The molecule has 0 saturated carbocycles. The van der Waals surface area contributed by atoms with Gasteiger partial charge >= 0.3 is 0 Å². The number of rotatable bonds is 7. The zero-order valence-corrected chi connectivity index (χ0v) is 21.0. The Balaban J connectivity index is 0.00000420. The fourth-order valence-corrected chi connectivity index (χ4v) is 3.60. The van der Waals surface area contributed by atoms with Crippen molar-refractivity contribution in [2.75, 3.05) is 26.7 Å². The van der Waals surface area contributed by atoms with Crippen LogP contribution in [0.25, 0.3) is 0 Å². The summed E-state index contributed by atoms with van der Waals surface area (Å²) in [6.07, 6.45) is 0.950. The lowest BCUT2D eigenvalue weighted by Gasteiger charge is -2.32. The van der Waals surface area contributed by atoms with Crippen LogP contribution < -0.4 is 16.0 Å². The Kier molecular flexibility index (Phi) is 10.4. The van der Waals surface area contributed by atoms with Crippen molar-refractivity contribution in [2.24, 2.45) is 10.9 Å². The Morgan fingerprint density at radius 2 is 1.90 bits per heavy atom. The standard InChI is InChI=1S/C22H37N5O.HI/c1-16(2)20(28)27-13-12-19(14-27)25-21(23-6)24-15-22(4,5)26-17(3)18-10-8-7-9-11-18;/h7-11,16-17,19,26H,12-15H2,1-6H3,(H2,23,24,25);1H. The number of amides is 1. The number of aliphatic imine (C=N–C) groups is 1. The Morgan fingerprint density at radius 3 is 2.48 bits per heavy atom. The van der Waals surface area contributed by atoms with Crippen LogP contribution in [0.5, 0.6) is 0 Å². The molecular weight excluding hydrogens is 477 g/mol. The van der Waals surface area contributed by atoms with Crippen LogP contribution in [0.15, 0.2) is 35.3 Å². The lowest BCUT2D eigenvalue weighted by atomic mass is 10.0. The minimum Gasteiger partial charge on any atom is -0.355 e. The van der Waals surface area contributed by atoms with Crippen molar-refractivity contribution >= 4 is 35.8 Å². The summed E-state index contributed by atoms with van der Waals surface area (Å²) in [4.78, 5) is 18.5. The van der Waals surface area contributed by atoms with E-state index in [4.69, 9.17) is 0 Å². The first-order valence-electron chi connectivity index (χ1n) is 10.3. The molecule has 1 heterocycles. The van der Waals surface area contributed by atoms with Gasteiger partial charge in [0.25, 0.3) is 0 Å². The van der Waals surface area contributed by atoms with Crippen molar-refractivity contribution < 1.29 is 4.79 Å². The molecule has 0 aliphatic carbocycles. The third kappa shape index (κ3) is 8.12. The number of likely N-dealkylation sites (tertiary alicyclic amines) is 1. The van der Waals surface area contributed by atoms with E-state index in [0.717, 1.165) is 32.0 Å². The number of halogens is 1. The van der Waals surface area contributed by atoms with Crippen LogP contribution in [0.2, 0.25) is 0 Å². The number of hydrogen-bond donors (Lipinski definition) is 3. The molecule has 0 bridgehead atoms. The molecule has 0 radical (unpaired) electrons. The smallest absolute Gasteiger partial charge is 0.225 e. The highest BCUT2D eigenvalue weighted by atomic mass is 127. The van der Waals surface area contributed by atoms with Crippen LogP contribution in [0, 0.1) is 5.92 Å². The highest BCUT2D eigenvalue weighted by Gasteiger charge is 2.28. The lowest BCUT2D eigenvalue weighted by Crippen LogP contribution is -2.53. The van der Waals surface area contributed by atoms with Gasteiger partial charge in [0.15, 0.2) is 5.96 Å². The summed E-state index contributed by atoms with van der Waals surface area (Å²) >= 11 is 0. The normalized spacial score (nSPS) is 18.4. The molecule has 1 aromatic rings. The van der Waals surface area contributed by atoms with Gasteiger partial charge < -0.3 is 20.9 Å².